The molecule has 0 fully saturated rings. The average Bonchev–Trinajstić information content (AvgIpc) is 3.42. The van der Waals surface area contributed by atoms with E-state index in [0.717, 1.165) is 28.5 Å². The summed E-state index contributed by atoms with van der Waals surface area (Å²) in [5.41, 5.74) is 1.40. The summed E-state index contributed by atoms with van der Waals surface area (Å²) >= 11 is 4.38. The zero-order valence-corrected chi connectivity index (χ0v) is 18.6. The highest BCUT2D eigenvalue weighted by atomic mass is 32.2. The first kappa shape index (κ1) is 20.3. The highest BCUT2D eigenvalue weighted by Gasteiger charge is 2.21. The average molecular weight is 448 g/mol. The van der Waals surface area contributed by atoms with E-state index in [1.807, 2.05) is 6.07 Å². The summed E-state index contributed by atoms with van der Waals surface area (Å²) in [5.74, 6) is 1.41. The van der Waals surface area contributed by atoms with Gasteiger partial charge in [-0.15, -0.1) is 32.9 Å². The van der Waals surface area contributed by atoms with Crippen LogP contribution in [0.15, 0.2) is 27.8 Å². The topological polar surface area (TPSA) is 85.1 Å². The van der Waals surface area contributed by atoms with Gasteiger partial charge in [-0.1, -0.05) is 18.7 Å². The van der Waals surface area contributed by atoms with Crippen LogP contribution in [0, 0.1) is 5.92 Å². The molecule has 1 N–H and O–H groups in total. The van der Waals surface area contributed by atoms with Crippen LogP contribution in [0.3, 0.4) is 0 Å². The normalized spacial score (nSPS) is 15.9. The number of ketones is 1. The molecule has 3 aromatic rings. The molecule has 4 rings (SSSR count). The van der Waals surface area contributed by atoms with Crippen molar-refractivity contribution >= 4 is 46.1 Å². The maximum absolute atomic E-state index is 12.4. The van der Waals surface area contributed by atoms with Gasteiger partial charge in [0.15, 0.2) is 5.78 Å². The first-order valence-corrected chi connectivity index (χ1v) is 12.0. The summed E-state index contributed by atoms with van der Waals surface area (Å²) in [6, 6.07) is 5.83. The number of Topliss-reactive ketones (excluding diaryl/α,β-unsaturated/α-hetero) is 1. The van der Waals surface area contributed by atoms with E-state index < -0.39 is 0 Å². The summed E-state index contributed by atoms with van der Waals surface area (Å²) in [4.78, 5) is 27.5. The van der Waals surface area contributed by atoms with Crippen molar-refractivity contribution < 1.29 is 14.0 Å². The SMILES string of the molecule is CC(=O)NCc1ccc(C(=O)CSc2nnc(-c3cc4c(s3)CC[C@H](C)C4)o2)s1. The van der Waals surface area contributed by atoms with Gasteiger partial charge in [-0.3, -0.25) is 9.59 Å². The van der Waals surface area contributed by atoms with Gasteiger partial charge in [0.1, 0.15) is 0 Å². The number of hydrogen-bond acceptors (Lipinski definition) is 8. The second-order valence-corrected chi connectivity index (χ2v) is 10.4. The molecule has 152 valence electrons. The van der Waals surface area contributed by atoms with Crippen molar-refractivity contribution in [2.45, 2.75) is 44.9 Å². The van der Waals surface area contributed by atoms with Gasteiger partial charge in [0.2, 0.25) is 5.91 Å². The number of carbonyl (C=O) groups excluding carboxylic acids is 2. The Hall–Kier alpha value is -1.97. The highest BCUT2D eigenvalue weighted by Crippen LogP contribution is 2.37. The van der Waals surface area contributed by atoms with E-state index in [-0.39, 0.29) is 17.4 Å². The molecule has 0 radical (unpaired) electrons. The molecule has 0 unspecified atom stereocenters. The lowest BCUT2D eigenvalue weighted by Crippen LogP contribution is -2.18. The Bertz CT molecular complexity index is 1040. The molecule has 6 nitrogen and oxygen atoms in total. The van der Waals surface area contributed by atoms with Crippen LogP contribution in [-0.4, -0.2) is 27.6 Å². The van der Waals surface area contributed by atoms with E-state index in [0.29, 0.717) is 22.5 Å². The quantitative estimate of drug-likeness (QED) is 0.421. The van der Waals surface area contributed by atoms with Gasteiger partial charge in [0, 0.05) is 16.7 Å². The standard InChI is InChI=1S/C20H21N3O3S3/c1-11-3-5-16-13(7-11)8-18(29-16)19-22-23-20(26-19)27-10-15(25)17-6-4-14(28-17)9-21-12(2)24/h4,6,8,11H,3,5,7,9-10H2,1-2H3,(H,21,24)/t11-/m0/s1. The first-order valence-electron chi connectivity index (χ1n) is 9.42. The van der Waals surface area contributed by atoms with Crippen LogP contribution >= 0.6 is 34.4 Å². The van der Waals surface area contributed by atoms with Crippen LogP contribution < -0.4 is 5.32 Å². The summed E-state index contributed by atoms with van der Waals surface area (Å²) in [6.07, 6.45) is 3.46. The molecule has 29 heavy (non-hydrogen) atoms. The van der Waals surface area contributed by atoms with Crippen LogP contribution in [0.5, 0.6) is 0 Å². The Morgan fingerprint density at radius 1 is 1.31 bits per heavy atom. The van der Waals surface area contributed by atoms with Crippen molar-refractivity contribution in [2.24, 2.45) is 5.92 Å². The van der Waals surface area contributed by atoms with E-state index in [4.69, 9.17) is 4.42 Å². The van der Waals surface area contributed by atoms with E-state index >= 15 is 0 Å². The molecule has 0 saturated carbocycles. The fraction of sp³-hybridized carbons (Fsp3) is 0.400. The van der Waals surface area contributed by atoms with Gasteiger partial charge in [-0.05, 0) is 48.9 Å². The highest BCUT2D eigenvalue weighted by molar-refractivity contribution is 7.99. The maximum atomic E-state index is 12.4. The minimum absolute atomic E-state index is 0.00870. The van der Waals surface area contributed by atoms with Gasteiger partial charge >= 0.3 is 0 Å². The van der Waals surface area contributed by atoms with Gasteiger partial charge in [-0.2, -0.15) is 0 Å². The number of nitrogens with zero attached hydrogens (tertiary/aromatic N) is 2. The molecule has 1 aliphatic carbocycles. The number of hydrogen-bond donors (Lipinski definition) is 1. The molecule has 0 spiro atoms. The number of thioether (sulfide) groups is 1. The number of nitrogens with one attached hydrogen (secondary N) is 1. The Kier molecular flexibility index (Phi) is 6.17. The Balaban J connectivity index is 1.35. The second kappa shape index (κ2) is 8.81. The van der Waals surface area contributed by atoms with Crippen molar-refractivity contribution in [1.82, 2.24) is 15.5 Å². The fourth-order valence-electron chi connectivity index (χ4n) is 3.21. The van der Waals surface area contributed by atoms with E-state index in [2.05, 4.69) is 28.5 Å². The second-order valence-electron chi connectivity index (χ2n) is 7.17. The number of rotatable bonds is 7. The minimum Gasteiger partial charge on any atom is -0.410 e. The lowest BCUT2D eigenvalue weighted by Gasteiger charge is -2.16. The molecule has 3 aromatic heterocycles. The van der Waals surface area contributed by atoms with Crippen LogP contribution in [0.25, 0.3) is 10.8 Å². The molecule has 3 heterocycles. The summed E-state index contributed by atoms with van der Waals surface area (Å²) in [5, 5.41) is 11.4. The van der Waals surface area contributed by atoms with Crippen LogP contribution in [0.2, 0.25) is 0 Å². The third kappa shape index (κ3) is 4.96. The molecule has 0 aromatic carbocycles. The number of fused-ring (bicyclic) bond motifs is 1. The summed E-state index contributed by atoms with van der Waals surface area (Å²) < 4.78 is 5.79. The summed E-state index contributed by atoms with van der Waals surface area (Å²) in [7, 11) is 0. The Morgan fingerprint density at radius 2 is 2.17 bits per heavy atom. The number of carbonyl (C=O) groups is 2. The lowest BCUT2D eigenvalue weighted by atomic mass is 9.90. The predicted molar refractivity (Wildman–Crippen MR) is 116 cm³/mol. The Morgan fingerprint density at radius 3 is 3.00 bits per heavy atom. The molecule has 1 aliphatic rings. The van der Waals surface area contributed by atoms with E-state index in [1.165, 1.54) is 46.9 Å². The molecule has 0 saturated heterocycles. The van der Waals surface area contributed by atoms with Gasteiger partial charge in [0.05, 0.1) is 22.1 Å². The zero-order valence-electron chi connectivity index (χ0n) is 16.2. The zero-order chi connectivity index (χ0) is 20.4. The van der Waals surface area contributed by atoms with Crippen molar-refractivity contribution in [3.63, 3.8) is 0 Å². The van der Waals surface area contributed by atoms with Crippen molar-refractivity contribution in [3.05, 3.63) is 38.4 Å². The molecule has 1 amide bonds. The summed E-state index contributed by atoms with van der Waals surface area (Å²) in [6.45, 7) is 4.20. The fourth-order valence-corrected chi connectivity index (χ4v) is 5.96. The molecule has 1 atom stereocenters. The van der Waals surface area contributed by atoms with Gasteiger partial charge < -0.3 is 9.73 Å². The number of aromatic nitrogens is 2. The van der Waals surface area contributed by atoms with Gasteiger partial charge in [-0.25, -0.2) is 0 Å². The third-order valence-electron chi connectivity index (χ3n) is 4.72. The Labute approximate surface area is 181 Å². The minimum atomic E-state index is -0.0878. The first-order chi connectivity index (χ1) is 14.0. The smallest absolute Gasteiger partial charge is 0.277 e. The van der Waals surface area contributed by atoms with Crippen molar-refractivity contribution in [2.75, 3.05) is 5.75 Å². The van der Waals surface area contributed by atoms with Crippen LogP contribution in [-0.2, 0) is 24.2 Å². The maximum Gasteiger partial charge on any atom is 0.277 e. The number of amides is 1. The number of thiophene rings is 2. The van der Waals surface area contributed by atoms with Crippen LogP contribution in [0.1, 0.15) is 45.3 Å². The molecule has 9 heteroatoms. The van der Waals surface area contributed by atoms with Crippen molar-refractivity contribution in [1.29, 1.82) is 0 Å². The monoisotopic (exact) mass is 447 g/mol. The van der Waals surface area contributed by atoms with E-state index in [9.17, 15) is 9.59 Å². The largest absolute Gasteiger partial charge is 0.410 e. The number of aryl methyl sites for hydroxylation is 1. The van der Waals surface area contributed by atoms with E-state index in [1.54, 1.807) is 17.4 Å². The predicted octanol–water partition coefficient (Wildman–Crippen LogP) is 4.60. The van der Waals surface area contributed by atoms with Crippen molar-refractivity contribution in [3.8, 4) is 10.8 Å². The molecular formula is C20H21N3O3S3. The molecule has 0 aliphatic heterocycles. The lowest BCUT2D eigenvalue weighted by molar-refractivity contribution is -0.119. The molecular weight excluding hydrogens is 426 g/mol. The molecule has 0 bridgehead atoms. The van der Waals surface area contributed by atoms with Gasteiger partial charge in [0.25, 0.3) is 11.1 Å². The third-order valence-corrected chi connectivity index (χ3v) is 7.89. The van der Waals surface area contributed by atoms with Crippen LogP contribution in [0.4, 0.5) is 0 Å².